The quantitative estimate of drug-likeness (QED) is 0.223. The van der Waals surface area contributed by atoms with Crippen molar-refractivity contribution < 1.29 is 45.0 Å². The second kappa shape index (κ2) is 11.5. The van der Waals surface area contributed by atoms with Gasteiger partial charge in [0.15, 0.2) is 5.60 Å². The fraction of sp³-hybridized carbons (Fsp3) is 0.321. The molecule has 1 aliphatic rings. The molecular weight excluding hydrogens is 590 g/mol. The van der Waals surface area contributed by atoms with E-state index in [4.69, 9.17) is 25.8 Å². The number of anilines is 1. The van der Waals surface area contributed by atoms with Crippen molar-refractivity contribution in [3.8, 4) is 5.75 Å². The highest BCUT2D eigenvalue weighted by Gasteiger charge is 2.40. The van der Waals surface area contributed by atoms with Gasteiger partial charge in [-0.15, -0.1) is 0 Å². The Morgan fingerprint density at radius 1 is 1.07 bits per heavy atom. The van der Waals surface area contributed by atoms with Gasteiger partial charge in [0.05, 0.1) is 40.9 Å². The van der Waals surface area contributed by atoms with Crippen LogP contribution >= 0.6 is 11.6 Å². The molecule has 7 nitrogen and oxygen atoms in total. The maximum atomic E-state index is 14.2. The molecule has 0 saturated heterocycles. The lowest BCUT2D eigenvalue weighted by Gasteiger charge is -2.38. The first-order chi connectivity index (χ1) is 19.1. The Bertz CT molecular complexity index is 1540. The van der Waals surface area contributed by atoms with Gasteiger partial charge in [-0.2, -0.15) is 13.2 Å². The summed E-state index contributed by atoms with van der Waals surface area (Å²) in [4.78, 5) is 11.6. The van der Waals surface area contributed by atoms with E-state index in [1.54, 1.807) is 6.07 Å². The molecule has 0 fully saturated rings. The summed E-state index contributed by atoms with van der Waals surface area (Å²) < 4.78 is 99.4. The van der Waals surface area contributed by atoms with Gasteiger partial charge in [0, 0.05) is 18.1 Å². The molecule has 0 N–H and O–H groups in total. The summed E-state index contributed by atoms with van der Waals surface area (Å²) in [6, 6.07) is 12.1. The van der Waals surface area contributed by atoms with Crippen molar-refractivity contribution in [2.75, 3.05) is 18.0 Å². The molecule has 0 aliphatic carbocycles. The molecule has 3 aromatic carbocycles. The summed E-state index contributed by atoms with van der Waals surface area (Å²) in [5.74, 6) is -1.11. The van der Waals surface area contributed by atoms with Crippen LogP contribution in [0.4, 0.5) is 23.2 Å². The zero-order chi connectivity index (χ0) is 30.2. The number of carbonyl (C=O) groups is 1. The SMILES string of the molecule is COC(=O)C(C)(C)O[C@@H]1Cc2ccc(OCc3c(F)cccc3Cl)cc2N(S(=O)(=O)c2cccc(C(F)(F)F)c2)C1. The van der Waals surface area contributed by atoms with E-state index in [-0.39, 0.29) is 41.6 Å². The standard InChI is InChI=1S/C28H26ClF4NO6S/c1-27(2,26(35)38-3)40-20-12-17-10-11-19(39-16-22-23(29)8-5-9-24(22)30)14-25(17)34(15-20)41(36,37)21-7-4-6-18(13-21)28(31,32)33/h4-11,13-14,20H,12,15-16H2,1-3H3/t20-/m1/s1. The average Bonchev–Trinajstić information content (AvgIpc) is 2.91. The summed E-state index contributed by atoms with van der Waals surface area (Å²) in [5.41, 5.74) is -1.87. The fourth-order valence-electron chi connectivity index (χ4n) is 4.43. The Kier molecular flexibility index (Phi) is 8.58. The first-order valence-electron chi connectivity index (χ1n) is 12.3. The lowest BCUT2D eigenvalue weighted by molar-refractivity contribution is -0.171. The summed E-state index contributed by atoms with van der Waals surface area (Å²) in [6.07, 6.45) is -5.46. The van der Waals surface area contributed by atoms with Crippen LogP contribution in [0.1, 0.15) is 30.5 Å². The van der Waals surface area contributed by atoms with Crippen molar-refractivity contribution in [1.82, 2.24) is 0 Å². The van der Waals surface area contributed by atoms with Crippen LogP contribution in [-0.4, -0.2) is 39.7 Å². The third kappa shape index (κ3) is 6.60. The van der Waals surface area contributed by atoms with Crippen LogP contribution in [0.25, 0.3) is 0 Å². The number of hydrogen-bond acceptors (Lipinski definition) is 6. The van der Waals surface area contributed by atoms with Gasteiger partial charge in [-0.3, -0.25) is 4.31 Å². The van der Waals surface area contributed by atoms with Crippen LogP contribution in [0.5, 0.6) is 5.75 Å². The normalized spacial score (nSPS) is 15.8. The number of fused-ring (bicyclic) bond motifs is 1. The molecule has 0 saturated carbocycles. The molecule has 220 valence electrons. The average molecular weight is 616 g/mol. The van der Waals surface area contributed by atoms with E-state index in [0.717, 1.165) is 22.5 Å². The Morgan fingerprint density at radius 3 is 2.44 bits per heavy atom. The van der Waals surface area contributed by atoms with Crippen molar-refractivity contribution in [1.29, 1.82) is 0 Å². The molecule has 1 heterocycles. The van der Waals surface area contributed by atoms with E-state index < -0.39 is 50.2 Å². The molecule has 3 aromatic rings. The smallest absolute Gasteiger partial charge is 0.416 e. The zero-order valence-corrected chi connectivity index (χ0v) is 23.7. The Labute approximate surface area is 239 Å². The number of ether oxygens (including phenoxy) is 3. The fourth-order valence-corrected chi connectivity index (χ4v) is 6.22. The van der Waals surface area contributed by atoms with Crippen molar-refractivity contribution in [2.24, 2.45) is 0 Å². The van der Waals surface area contributed by atoms with Crippen LogP contribution in [0.2, 0.25) is 5.02 Å². The minimum Gasteiger partial charge on any atom is -0.489 e. The third-order valence-corrected chi connectivity index (χ3v) is 8.60. The molecule has 4 rings (SSSR count). The van der Waals surface area contributed by atoms with Gasteiger partial charge in [0.2, 0.25) is 0 Å². The summed E-state index contributed by atoms with van der Waals surface area (Å²) in [5, 5.41) is 0.143. The van der Waals surface area contributed by atoms with Crippen molar-refractivity contribution in [3.63, 3.8) is 0 Å². The van der Waals surface area contributed by atoms with Gasteiger partial charge in [-0.05, 0) is 55.8 Å². The van der Waals surface area contributed by atoms with Crippen LogP contribution in [0.15, 0.2) is 65.6 Å². The van der Waals surface area contributed by atoms with Crippen LogP contribution in [0, 0.1) is 5.82 Å². The van der Waals surface area contributed by atoms with Gasteiger partial charge in [-0.25, -0.2) is 17.6 Å². The molecular formula is C28H26ClF4NO6S. The van der Waals surface area contributed by atoms with E-state index >= 15 is 0 Å². The maximum Gasteiger partial charge on any atom is 0.416 e. The molecule has 1 aliphatic heterocycles. The number of hydrogen-bond donors (Lipinski definition) is 0. The van der Waals surface area contributed by atoms with Crippen molar-refractivity contribution in [2.45, 2.75) is 49.7 Å². The first-order valence-corrected chi connectivity index (χ1v) is 14.1. The lowest BCUT2D eigenvalue weighted by Crippen LogP contribution is -2.48. The van der Waals surface area contributed by atoms with Gasteiger partial charge in [0.25, 0.3) is 10.0 Å². The first kappa shape index (κ1) is 30.6. The predicted octanol–water partition coefficient (Wildman–Crippen LogP) is 6.17. The summed E-state index contributed by atoms with van der Waals surface area (Å²) in [7, 11) is -3.38. The van der Waals surface area contributed by atoms with E-state index in [1.165, 1.54) is 51.3 Å². The minimum absolute atomic E-state index is 0.0961. The van der Waals surface area contributed by atoms with Crippen molar-refractivity contribution >= 4 is 33.3 Å². The highest BCUT2D eigenvalue weighted by atomic mass is 35.5. The molecule has 13 heteroatoms. The van der Waals surface area contributed by atoms with Gasteiger partial charge in [-0.1, -0.05) is 29.8 Å². The van der Waals surface area contributed by atoms with Crippen LogP contribution < -0.4 is 9.04 Å². The molecule has 0 spiro atoms. The summed E-state index contributed by atoms with van der Waals surface area (Å²) in [6.45, 7) is 2.34. The predicted molar refractivity (Wildman–Crippen MR) is 143 cm³/mol. The van der Waals surface area contributed by atoms with Crippen LogP contribution in [0.3, 0.4) is 0 Å². The number of halogens is 5. The lowest BCUT2D eigenvalue weighted by atomic mass is 10.00. The van der Waals surface area contributed by atoms with E-state index in [0.29, 0.717) is 11.6 Å². The molecule has 41 heavy (non-hydrogen) atoms. The van der Waals surface area contributed by atoms with E-state index in [2.05, 4.69) is 0 Å². The van der Waals surface area contributed by atoms with Gasteiger partial charge < -0.3 is 14.2 Å². The number of nitrogens with zero attached hydrogens (tertiary/aromatic N) is 1. The third-order valence-electron chi connectivity index (χ3n) is 6.47. The Morgan fingerprint density at radius 2 is 1.78 bits per heavy atom. The van der Waals surface area contributed by atoms with Crippen LogP contribution in [-0.2, 0) is 43.5 Å². The molecule has 0 bridgehead atoms. The molecule has 0 unspecified atom stereocenters. The highest BCUT2D eigenvalue weighted by molar-refractivity contribution is 7.92. The maximum absolute atomic E-state index is 14.2. The number of alkyl halides is 3. The van der Waals surface area contributed by atoms with Gasteiger partial charge in [0.1, 0.15) is 18.2 Å². The molecule has 0 amide bonds. The largest absolute Gasteiger partial charge is 0.489 e. The topological polar surface area (TPSA) is 82.1 Å². The number of rotatable bonds is 8. The van der Waals surface area contributed by atoms with E-state index in [1.807, 2.05) is 0 Å². The molecule has 0 aromatic heterocycles. The minimum atomic E-state index is -4.77. The Balaban J connectivity index is 1.74. The number of esters is 1. The molecule has 0 radical (unpaired) electrons. The zero-order valence-electron chi connectivity index (χ0n) is 22.2. The Hall–Kier alpha value is -3.35. The number of carbonyl (C=O) groups excluding carboxylic acids is 1. The number of benzene rings is 3. The van der Waals surface area contributed by atoms with Crippen molar-refractivity contribution in [3.05, 3.63) is 88.2 Å². The highest BCUT2D eigenvalue weighted by Crippen LogP contribution is 2.38. The monoisotopic (exact) mass is 615 g/mol. The van der Waals surface area contributed by atoms with Gasteiger partial charge >= 0.3 is 12.1 Å². The molecule has 1 atom stereocenters. The summed E-state index contributed by atoms with van der Waals surface area (Å²) >= 11 is 6.07. The number of sulfonamides is 1. The second-order valence-electron chi connectivity index (χ2n) is 9.79. The van der Waals surface area contributed by atoms with E-state index in [9.17, 15) is 30.8 Å². The second-order valence-corrected chi connectivity index (χ2v) is 12.1. The number of methoxy groups -OCH3 is 1.